The van der Waals surface area contributed by atoms with Crippen LogP contribution in [0.15, 0.2) is 47.0 Å². The maximum Gasteiger partial charge on any atom is 0.319 e. The van der Waals surface area contributed by atoms with Crippen molar-refractivity contribution >= 4 is 69.4 Å². The molecule has 3 aromatic rings. The zero-order valence-corrected chi connectivity index (χ0v) is 20.7. The lowest BCUT2D eigenvalue weighted by Crippen LogP contribution is -2.71. The number of nitrogens with one attached hydrogen (secondary N) is 2. The van der Waals surface area contributed by atoms with E-state index in [9.17, 15) is 29.5 Å². The predicted octanol–water partition coefficient (Wildman–Crippen LogP) is -2.57. The number of β-lactam (4-membered cyclic amide) rings is 1. The Morgan fingerprint density at radius 1 is 1.34 bits per heavy atom. The predicted molar refractivity (Wildman–Crippen MR) is 130 cm³/mol. The van der Waals surface area contributed by atoms with Crippen molar-refractivity contribution < 1.29 is 34.1 Å². The summed E-state index contributed by atoms with van der Waals surface area (Å²) >= 11 is 2.04. The number of carbonyl (C=O) groups excluding carboxylic acids is 4. The molecule has 4 amide bonds. The number of nitrogen functional groups attached to an aromatic ring is 1. The van der Waals surface area contributed by atoms with Crippen molar-refractivity contribution in [2.24, 2.45) is 10.9 Å². The third-order valence-corrected chi connectivity index (χ3v) is 7.69. The first kappa shape index (κ1) is 25.0. The zero-order valence-electron chi connectivity index (χ0n) is 19.1. The second kappa shape index (κ2) is 9.63. The molecule has 0 bridgehead atoms. The Bertz CT molecular complexity index is 1560. The van der Waals surface area contributed by atoms with Gasteiger partial charge in [-0.2, -0.15) is 13.8 Å². The molecule has 16 nitrogen and oxygen atoms in total. The van der Waals surface area contributed by atoms with Gasteiger partial charge in [-0.3, -0.25) is 19.8 Å². The monoisotopic (exact) mass is 558 g/mol. The number of rotatable bonds is 7. The third kappa shape index (κ3) is 4.24. The van der Waals surface area contributed by atoms with E-state index in [0.29, 0.717) is 17.0 Å². The number of primary amides is 1. The lowest BCUT2D eigenvalue weighted by atomic mass is 10.0. The van der Waals surface area contributed by atoms with Crippen molar-refractivity contribution in [2.45, 2.75) is 18.0 Å². The Hall–Kier alpha value is -4.71. The number of urea groups is 1. The number of nitrogens with two attached hydrogens (primary N) is 2. The molecule has 0 aromatic carbocycles. The molecule has 0 aliphatic carbocycles. The van der Waals surface area contributed by atoms with Crippen LogP contribution in [0, 0.1) is 0 Å². The first-order valence-corrected chi connectivity index (χ1v) is 12.6. The van der Waals surface area contributed by atoms with Crippen LogP contribution < -0.4 is 31.8 Å². The van der Waals surface area contributed by atoms with E-state index in [4.69, 9.17) is 11.5 Å². The minimum Gasteiger partial charge on any atom is -0.543 e. The van der Waals surface area contributed by atoms with Crippen LogP contribution >= 0.6 is 23.3 Å². The first-order chi connectivity index (χ1) is 18.2. The number of carboxylic acids is 1. The van der Waals surface area contributed by atoms with E-state index in [1.807, 2.05) is 0 Å². The highest BCUT2D eigenvalue weighted by atomic mass is 32.2. The Labute approximate surface area is 220 Å². The van der Waals surface area contributed by atoms with Gasteiger partial charge < -0.3 is 31.9 Å². The van der Waals surface area contributed by atoms with E-state index in [2.05, 4.69) is 25.1 Å². The Kier molecular flexibility index (Phi) is 6.33. The molecular formula is C20H18N10O6S2. The minimum absolute atomic E-state index is 0.0492. The number of anilines is 2. The number of amides is 4. The Morgan fingerprint density at radius 2 is 2.13 bits per heavy atom. The molecule has 0 saturated carbocycles. The Morgan fingerprint density at radius 3 is 2.79 bits per heavy atom. The molecule has 3 aromatic heterocycles. The molecule has 0 radical (unpaired) electrons. The number of nitrogens with zero attached hydrogens (tertiary/aromatic N) is 6. The molecule has 196 valence electrons. The molecule has 38 heavy (non-hydrogen) atoms. The standard InChI is InChI=1S/C20H18N10O6S2/c21-19(35)23-9-2-1-3-10-28(4-5-29(9)10)6-8-7-37-17-12(16(32)30(17)13(8)18(33)34)24-15(31)11(26-36)14-25-20(22)38-27-14/h1-5,12,17H,6-7H2,(H7,21,22,24,25,27,31,33,34,35,36)/t12-,17-/m1/s1. The molecule has 5 rings (SSSR count). The molecular weight excluding hydrogens is 540 g/mol. The fourth-order valence-electron chi connectivity index (χ4n) is 4.22. The van der Waals surface area contributed by atoms with Crippen molar-refractivity contribution in [3.63, 3.8) is 0 Å². The average Bonchev–Trinajstić information content (AvgIpc) is 3.49. The molecule has 5 heterocycles. The number of pyridine rings is 1. The van der Waals surface area contributed by atoms with Gasteiger partial charge in [0.05, 0.1) is 11.7 Å². The van der Waals surface area contributed by atoms with Gasteiger partial charge in [0.1, 0.15) is 30.4 Å². The van der Waals surface area contributed by atoms with Crippen molar-refractivity contribution in [2.75, 3.05) is 16.8 Å². The van der Waals surface area contributed by atoms with Gasteiger partial charge in [0.15, 0.2) is 5.13 Å². The summed E-state index contributed by atoms with van der Waals surface area (Å²) in [5.41, 5.74) is 10.9. The fraction of sp³-hybridized carbons (Fsp3) is 0.200. The number of thioether (sulfide) groups is 1. The summed E-state index contributed by atoms with van der Waals surface area (Å²) in [6.45, 7) is 0.110. The summed E-state index contributed by atoms with van der Waals surface area (Å²) < 4.78 is 7.21. The highest BCUT2D eigenvalue weighted by Gasteiger charge is 2.53. The second-order valence-electron chi connectivity index (χ2n) is 8.06. The van der Waals surface area contributed by atoms with Crippen molar-refractivity contribution in [3.8, 4) is 0 Å². The third-order valence-electron chi connectivity index (χ3n) is 5.80. The molecule has 0 spiro atoms. The number of aliphatic carboxylic acids is 1. The van der Waals surface area contributed by atoms with Crippen molar-refractivity contribution in [3.05, 3.63) is 47.7 Å². The van der Waals surface area contributed by atoms with Crippen LogP contribution in [0.1, 0.15) is 5.82 Å². The molecule has 2 aliphatic heterocycles. The quantitative estimate of drug-likeness (QED) is 0.0668. The van der Waals surface area contributed by atoms with Gasteiger partial charge in [0.25, 0.3) is 17.5 Å². The zero-order chi connectivity index (χ0) is 27.1. The maximum atomic E-state index is 13.0. The summed E-state index contributed by atoms with van der Waals surface area (Å²) in [6, 6.07) is 3.28. The Balaban J connectivity index is 1.37. The number of carboxylic acid groups (broad SMARTS) is 1. The van der Waals surface area contributed by atoms with Crippen molar-refractivity contribution in [1.29, 1.82) is 0 Å². The van der Waals surface area contributed by atoms with Crippen LogP contribution in [-0.2, 0) is 20.9 Å². The number of hydrogen-bond donors (Lipinski definition) is 5. The second-order valence-corrected chi connectivity index (χ2v) is 9.95. The lowest BCUT2D eigenvalue weighted by Gasteiger charge is -2.50. The summed E-state index contributed by atoms with van der Waals surface area (Å²) in [4.78, 5) is 53.9. The molecule has 0 unspecified atom stereocenters. The van der Waals surface area contributed by atoms with Gasteiger partial charge in [-0.15, -0.1) is 11.8 Å². The maximum absolute atomic E-state index is 13.0. The van der Waals surface area contributed by atoms with Gasteiger partial charge >= 0.3 is 6.03 Å². The number of carbonyl (C=O) groups is 4. The molecule has 1 fully saturated rings. The smallest absolute Gasteiger partial charge is 0.319 e. The molecule has 1 saturated heterocycles. The molecule has 7 N–H and O–H groups in total. The van der Waals surface area contributed by atoms with Crippen LogP contribution in [0.5, 0.6) is 0 Å². The lowest BCUT2D eigenvalue weighted by molar-refractivity contribution is -0.662. The number of aromatic nitrogens is 4. The number of oxime groups is 1. The highest BCUT2D eigenvalue weighted by Crippen LogP contribution is 2.40. The van der Waals surface area contributed by atoms with Gasteiger partial charge in [-0.05, 0) is 6.07 Å². The van der Waals surface area contributed by atoms with Crippen LogP contribution in [0.2, 0.25) is 0 Å². The topological polar surface area (TPSA) is 237 Å². The van der Waals surface area contributed by atoms with E-state index in [0.717, 1.165) is 16.4 Å². The SMILES string of the molecule is NC(=O)Nc1cccc2n1cc[n+]2CC1=C(C(=O)[O-])N2C(=O)[C@@H](NC(=O)/C(=N\O)c3nsc(N)n3)[C@H]2SC1. The van der Waals surface area contributed by atoms with E-state index in [-0.39, 0.29) is 29.0 Å². The van der Waals surface area contributed by atoms with Gasteiger partial charge in [-0.25, -0.2) is 9.36 Å². The average molecular weight is 559 g/mol. The number of hydrogen-bond acceptors (Lipinski definition) is 12. The van der Waals surface area contributed by atoms with Gasteiger partial charge in [0, 0.05) is 35.0 Å². The molecule has 2 aliphatic rings. The molecule has 2 atom stereocenters. The largest absolute Gasteiger partial charge is 0.543 e. The van der Waals surface area contributed by atoms with Crippen LogP contribution in [-0.4, -0.2) is 70.6 Å². The normalized spacial score (nSPS) is 19.2. The van der Waals surface area contributed by atoms with E-state index in [1.54, 1.807) is 39.6 Å². The summed E-state index contributed by atoms with van der Waals surface area (Å²) in [5.74, 6) is -2.71. The van der Waals surface area contributed by atoms with Crippen LogP contribution in [0.3, 0.4) is 0 Å². The fourth-order valence-corrected chi connectivity index (χ4v) is 5.99. The van der Waals surface area contributed by atoms with E-state index >= 15 is 0 Å². The minimum atomic E-state index is -1.54. The van der Waals surface area contributed by atoms with Crippen molar-refractivity contribution in [1.82, 2.24) is 24.0 Å². The van der Waals surface area contributed by atoms with E-state index in [1.165, 1.54) is 11.8 Å². The highest BCUT2D eigenvalue weighted by molar-refractivity contribution is 8.00. The van der Waals surface area contributed by atoms with E-state index < -0.39 is 40.9 Å². The summed E-state index contributed by atoms with van der Waals surface area (Å²) in [6.07, 6.45) is 3.36. The van der Waals surface area contributed by atoms with Crippen LogP contribution in [0.25, 0.3) is 5.65 Å². The first-order valence-electron chi connectivity index (χ1n) is 10.8. The molecule has 18 heteroatoms. The summed E-state index contributed by atoms with van der Waals surface area (Å²) in [5, 5.41) is 28.6. The number of imidazole rings is 1. The van der Waals surface area contributed by atoms with Gasteiger partial charge in [0.2, 0.25) is 17.4 Å². The summed E-state index contributed by atoms with van der Waals surface area (Å²) in [7, 11) is 0. The van der Waals surface area contributed by atoms with Crippen LogP contribution in [0.4, 0.5) is 15.7 Å². The van der Waals surface area contributed by atoms with Gasteiger partial charge in [-0.1, -0.05) is 5.16 Å². The number of fused-ring (bicyclic) bond motifs is 2.